The van der Waals surface area contributed by atoms with Crippen molar-refractivity contribution in [1.29, 1.82) is 0 Å². The third kappa shape index (κ3) is 6.40. The van der Waals surface area contributed by atoms with Gasteiger partial charge in [0, 0.05) is 12.0 Å². The molecule has 3 aromatic rings. The van der Waals surface area contributed by atoms with Gasteiger partial charge >= 0.3 is 5.97 Å². The number of nitrogens with one attached hydrogen (secondary N) is 2. The van der Waals surface area contributed by atoms with Crippen LogP contribution in [0.4, 0.5) is 0 Å². The zero-order chi connectivity index (χ0) is 22.1. The van der Waals surface area contributed by atoms with E-state index in [1.807, 2.05) is 12.1 Å². The van der Waals surface area contributed by atoms with Gasteiger partial charge in [0.1, 0.15) is 11.7 Å². The minimum Gasteiger partial charge on any atom is -0.480 e. The Hall–Kier alpha value is -4.19. The highest BCUT2D eigenvalue weighted by molar-refractivity contribution is 6.06. The van der Waals surface area contributed by atoms with Gasteiger partial charge < -0.3 is 15.7 Å². The fourth-order valence-corrected chi connectivity index (χ4v) is 2.94. The Morgan fingerprint density at radius 1 is 0.806 bits per heavy atom. The Labute approximate surface area is 180 Å². The first kappa shape index (κ1) is 21.5. The first-order valence-electron chi connectivity index (χ1n) is 9.73. The van der Waals surface area contributed by atoms with Crippen molar-refractivity contribution in [3.63, 3.8) is 0 Å². The third-order valence-corrected chi connectivity index (χ3v) is 4.53. The van der Waals surface area contributed by atoms with Gasteiger partial charge in [-0.3, -0.25) is 9.59 Å². The van der Waals surface area contributed by atoms with Crippen LogP contribution in [0.2, 0.25) is 0 Å². The van der Waals surface area contributed by atoms with Crippen LogP contribution < -0.4 is 10.6 Å². The van der Waals surface area contributed by atoms with Gasteiger partial charge in [-0.15, -0.1) is 0 Å². The van der Waals surface area contributed by atoms with Crippen molar-refractivity contribution in [1.82, 2.24) is 10.6 Å². The normalized spacial score (nSPS) is 11.9. The smallest absolute Gasteiger partial charge is 0.326 e. The number of amides is 2. The van der Waals surface area contributed by atoms with E-state index in [1.165, 1.54) is 6.08 Å². The molecule has 0 bridgehead atoms. The van der Waals surface area contributed by atoms with E-state index in [0.29, 0.717) is 11.1 Å². The number of carboxylic acid groups (broad SMARTS) is 1. The predicted octanol–water partition coefficient (Wildman–Crippen LogP) is 3.27. The summed E-state index contributed by atoms with van der Waals surface area (Å²) in [5.74, 6) is -2.31. The van der Waals surface area contributed by atoms with E-state index in [4.69, 9.17) is 0 Å². The summed E-state index contributed by atoms with van der Waals surface area (Å²) in [5, 5.41) is 14.7. The molecule has 0 aromatic heterocycles. The summed E-state index contributed by atoms with van der Waals surface area (Å²) in [6.07, 6.45) is 1.63. The van der Waals surface area contributed by atoms with Crippen LogP contribution >= 0.6 is 0 Å². The Morgan fingerprint density at radius 3 is 1.94 bits per heavy atom. The fraction of sp³-hybridized carbons (Fsp3) is 0.0800. The number of hydrogen-bond donors (Lipinski definition) is 3. The van der Waals surface area contributed by atoms with Gasteiger partial charge in [0.25, 0.3) is 11.8 Å². The van der Waals surface area contributed by atoms with Crippen molar-refractivity contribution in [3.8, 4) is 0 Å². The average molecular weight is 414 g/mol. The Kier molecular flexibility index (Phi) is 7.32. The Balaban J connectivity index is 1.83. The SMILES string of the molecule is O=C(NC(Cc1ccccc1)C(=O)O)C(=Cc1ccccc1)NC(=O)c1ccccc1. The Morgan fingerprint density at radius 2 is 1.35 bits per heavy atom. The molecule has 0 heterocycles. The van der Waals surface area contributed by atoms with E-state index in [-0.39, 0.29) is 12.1 Å². The lowest BCUT2D eigenvalue weighted by Crippen LogP contribution is -2.45. The number of aliphatic carboxylic acids is 1. The molecule has 3 aromatic carbocycles. The molecule has 31 heavy (non-hydrogen) atoms. The number of hydrogen-bond acceptors (Lipinski definition) is 3. The van der Waals surface area contributed by atoms with Crippen LogP contribution in [-0.4, -0.2) is 28.9 Å². The highest BCUT2D eigenvalue weighted by Gasteiger charge is 2.23. The summed E-state index contributed by atoms with van der Waals surface area (Å²) >= 11 is 0. The number of carbonyl (C=O) groups excluding carboxylic acids is 2. The molecule has 0 fully saturated rings. The van der Waals surface area contributed by atoms with Crippen LogP contribution in [-0.2, 0) is 16.0 Å². The summed E-state index contributed by atoms with van der Waals surface area (Å²) in [6, 6.07) is 25.3. The molecule has 0 aliphatic heterocycles. The second kappa shape index (κ2) is 10.5. The lowest BCUT2D eigenvalue weighted by atomic mass is 10.1. The van der Waals surface area contributed by atoms with Crippen LogP contribution in [0.5, 0.6) is 0 Å². The van der Waals surface area contributed by atoms with Gasteiger partial charge in [-0.25, -0.2) is 4.79 Å². The van der Waals surface area contributed by atoms with Crippen molar-refractivity contribution in [2.24, 2.45) is 0 Å². The maximum Gasteiger partial charge on any atom is 0.326 e. The van der Waals surface area contributed by atoms with Gasteiger partial charge in [0.2, 0.25) is 0 Å². The van der Waals surface area contributed by atoms with Crippen LogP contribution in [0.25, 0.3) is 6.08 Å². The molecule has 2 amide bonds. The van der Waals surface area contributed by atoms with Crippen LogP contribution in [0.3, 0.4) is 0 Å². The second-order valence-corrected chi connectivity index (χ2v) is 6.84. The maximum absolute atomic E-state index is 13.0. The molecule has 6 nitrogen and oxygen atoms in total. The van der Waals surface area contributed by atoms with Crippen LogP contribution in [0.15, 0.2) is 96.7 Å². The van der Waals surface area contributed by atoms with Gasteiger partial charge in [0.15, 0.2) is 0 Å². The summed E-state index contributed by atoms with van der Waals surface area (Å²) in [7, 11) is 0. The van der Waals surface area contributed by atoms with E-state index in [0.717, 1.165) is 5.56 Å². The third-order valence-electron chi connectivity index (χ3n) is 4.53. The minimum absolute atomic E-state index is 0.0423. The van der Waals surface area contributed by atoms with Crippen molar-refractivity contribution < 1.29 is 19.5 Å². The van der Waals surface area contributed by atoms with Crippen molar-refractivity contribution in [2.45, 2.75) is 12.5 Å². The minimum atomic E-state index is -1.16. The predicted molar refractivity (Wildman–Crippen MR) is 118 cm³/mol. The topological polar surface area (TPSA) is 95.5 Å². The molecule has 0 spiro atoms. The van der Waals surface area contributed by atoms with Gasteiger partial charge in [-0.1, -0.05) is 78.9 Å². The first-order valence-corrected chi connectivity index (χ1v) is 9.73. The molecule has 0 saturated heterocycles. The summed E-state index contributed by atoms with van der Waals surface area (Å²) in [5.41, 5.74) is 1.81. The molecule has 6 heteroatoms. The molecular weight excluding hydrogens is 392 g/mol. The molecule has 0 aliphatic rings. The zero-order valence-electron chi connectivity index (χ0n) is 16.7. The fourth-order valence-electron chi connectivity index (χ4n) is 2.94. The molecule has 1 atom stereocenters. The van der Waals surface area contributed by atoms with E-state index >= 15 is 0 Å². The molecule has 3 rings (SSSR count). The highest BCUT2D eigenvalue weighted by Crippen LogP contribution is 2.09. The van der Waals surface area contributed by atoms with Crippen LogP contribution in [0.1, 0.15) is 21.5 Å². The lowest BCUT2D eigenvalue weighted by Gasteiger charge is -2.17. The zero-order valence-corrected chi connectivity index (χ0v) is 16.7. The molecule has 0 saturated carbocycles. The van der Waals surface area contributed by atoms with Crippen molar-refractivity contribution >= 4 is 23.9 Å². The quantitative estimate of drug-likeness (QED) is 0.493. The monoisotopic (exact) mass is 414 g/mol. The second-order valence-electron chi connectivity index (χ2n) is 6.84. The van der Waals surface area contributed by atoms with E-state index in [1.54, 1.807) is 78.9 Å². The van der Waals surface area contributed by atoms with Gasteiger partial charge in [-0.2, -0.15) is 0 Å². The van der Waals surface area contributed by atoms with Crippen molar-refractivity contribution in [3.05, 3.63) is 113 Å². The van der Waals surface area contributed by atoms with E-state index < -0.39 is 23.8 Å². The molecular formula is C25H22N2O4. The first-order chi connectivity index (χ1) is 15.0. The maximum atomic E-state index is 13.0. The number of rotatable bonds is 8. The summed E-state index contributed by atoms with van der Waals surface area (Å²) in [6.45, 7) is 0. The molecule has 0 radical (unpaired) electrons. The molecule has 3 N–H and O–H groups in total. The highest BCUT2D eigenvalue weighted by atomic mass is 16.4. The molecule has 1 unspecified atom stereocenters. The number of carboxylic acids is 1. The molecule has 156 valence electrons. The van der Waals surface area contributed by atoms with Crippen molar-refractivity contribution in [2.75, 3.05) is 0 Å². The van der Waals surface area contributed by atoms with Gasteiger partial charge in [-0.05, 0) is 29.3 Å². The summed E-state index contributed by atoms with van der Waals surface area (Å²) < 4.78 is 0. The molecule has 0 aliphatic carbocycles. The number of benzene rings is 3. The van der Waals surface area contributed by atoms with E-state index in [9.17, 15) is 19.5 Å². The average Bonchev–Trinajstić information content (AvgIpc) is 2.80. The Bertz CT molecular complexity index is 1060. The van der Waals surface area contributed by atoms with Crippen LogP contribution in [0, 0.1) is 0 Å². The standard InChI is InChI=1S/C25H22N2O4/c28-23(20-14-8-3-9-15-20)26-21(16-18-10-4-1-5-11-18)24(29)27-22(25(30)31)17-19-12-6-2-7-13-19/h1-16,22H,17H2,(H,26,28)(H,27,29)(H,30,31). The number of carbonyl (C=O) groups is 3. The summed E-state index contributed by atoms with van der Waals surface area (Å²) in [4.78, 5) is 37.3. The largest absolute Gasteiger partial charge is 0.480 e. The lowest BCUT2D eigenvalue weighted by molar-refractivity contribution is -0.141. The van der Waals surface area contributed by atoms with E-state index in [2.05, 4.69) is 10.6 Å². The van der Waals surface area contributed by atoms with Gasteiger partial charge in [0.05, 0.1) is 0 Å².